The Morgan fingerprint density at radius 3 is 2.25 bits per heavy atom. The lowest BCUT2D eigenvalue weighted by Gasteiger charge is -2.28. The van der Waals surface area contributed by atoms with E-state index in [1.807, 2.05) is 24.3 Å². The Labute approximate surface area is 216 Å². The van der Waals surface area contributed by atoms with Crippen LogP contribution in [0.4, 0.5) is 5.69 Å². The predicted molar refractivity (Wildman–Crippen MR) is 140 cm³/mol. The summed E-state index contributed by atoms with van der Waals surface area (Å²) in [6.45, 7) is 0. The molecule has 1 fully saturated rings. The van der Waals surface area contributed by atoms with Gasteiger partial charge in [0.2, 0.25) is 0 Å². The fraction of sp³-hybridized carbons (Fsp3) is 0.222. The number of fused-ring (bicyclic) bond motifs is 1. The summed E-state index contributed by atoms with van der Waals surface area (Å²) in [6, 6.07) is 14.1. The quantitative estimate of drug-likeness (QED) is 0.382. The van der Waals surface area contributed by atoms with Gasteiger partial charge in [-0.2, -0.15) is 0 Å². The molecular formula is C27H22Cl2N4O3. The monoisotopic (exact) mass is 520 g/mol. The molecule has 0 spiro atoms. The molecule has 1 saturated carbocycles. The number of aromatic nitrogens is 3. The van der Waals surface area contributed by atoms with E-state index in [2.05, 4.69) is 4.57 Å². The van der Waals surface area contributed by atoms with E-state index in [9.17, 15) is 14.4 Å². The lowest BCUT2D eigenvalue weighted by molar-refractivity contribution is 0.0993. The number of hydrogen-bond acceptors (Lipinski definition) is 3. The third kappa shape index (κ3) is 3.53. The Kier molecular flexibility index (Phi) is 5.24. The average molecular weight is 521 g/mol. The predicted octanol–water partition coefficient (Wildman–Crippen LogP) is 4.94. The standard InChI is InChI=1S/C27H22Cl2N4O3/c1-30-10-9-16(11-23(30)34)22-13-20-25(32(22)18-7-8-18)24(15-3-5-17(28)6-4-15)33(26(20)35)19-12-21(29)27(36)31(2)14-19/h3-6,9-14,18,24H,7-8H2,1-2H3. The van der Waals surface area contributed by atoms with Crippen LogP contribution in [0.1, 0.15) is 46.5 Å². The maximum Gasteiger partial charge on any atom is 0.269 e. The van der Waals surface area contributed by atoms with Gasteiger partial charge in [0.25, 0.3) is 17.0 Å². The van der Waals surface area contributed by atoms with Gasteiger partial charge in [0.05, 0.1) is 16.9 Å². The molecule has 1 unspecified atom stereocenters. The van der Waals surface area contributed by atoms with Gasteiger partial charge in [0, 0.05) is 54.9 Å². The van der Waals surface area contributed by atoms with Crippen molar-refractivity contribution < 1.29 is 4.79 Å². The van der Waals surface area contributed by atoms with Gasteiger partial charge in [0.1, 0.15) is 11.1 Å². The summed E-state index contributed by atoms with van der Waals surface area (Å²) in [6.07, 6.45) is 5.35. The summed E-state index contributed by atoms with van der Waals surface area (Å²) >= 11 is 12.4. The summed E-state index contributed by atoms with van der Waals surface area (Å²) in [5, 5.41) is 0.638. The highest BCUT2D eigenvalue weighted by Gasteiger charge is 2.45. The number of hydrogen-bond donors (Lipinski definition) is 0. The van der Waals surface area contributed by atoms with E-state index in [-0.39, 0.29) is 28.1 Å². The second-order valence-electron chi connectivity index (χ2n) is 9.39. The molecule has 0 N–H and O–H groups in total. The molecule has 1 aliphatic carbocycles. The molecule has 1 aromatic carbocycles. The van der Waals surface area contributed by atoms with Crippen molar-refractivity contribution in [3.8, 4) is 11.3 Å². The summed E-state index contributed by atoms with van der Waals surface area (Å²) < 4.78 is 5.12. The zero-order valence-electron chi connectivity index (χ0n) is 19.6. The van der Waals surface area contributed by atoms with Crippen LogP contribution in [-0.4, -0.2) is 19.6 Å². The molecule has 182 valence electrons. The first-order valence-electron chi connectivity index (χ1n) is 11.6. The molecule has 1 amide bonds. The molecule has 0 saturated heterocycles. The summed E-state index contributed by atoms with van der Waals surface area (Å²) in [4.78, 5) is 40.4. The number of pyridine rings is 2. The minimum absolute atomic E-state index is 0.0418. The second-order valence-corrected chi connectivity index (χ2v) is 10.2. The van der Waals surface area contributed by atoms with E-state index in [0.29, 0.717) is 16.3 Å². The molecule has 7 nitrogen and oxygen atoms in total. The van der Waals surface area contributed by atoms with Gasteiger partial charge >= 0.3 is 0 Å². The van der Waals surface area contributed by atoms with Crippen molar-refractivity contribution in [2.24, 2.45) is 14.1 Å². The lowest BCUT2D eigenvalue weighted by atomic mass is 10.0. The first-order chi connectivity index (χ1) is 17.2. The van der Waals surface area contributed by atoms with Crippen molar-refractivity contribution in [2.45, 2.75) is 24.9 Å². The van der Waals surface area contributed by atoms with Crippen molar-refractivity contribution in [3.05, 3.63) is 108 Å². The van der Waals surface area contributed by atoms with E-state index in [0.717, 1.165) is 35.4 Å². The van der Waals surface area contributed by atoms with Crippen LogP contribution in [0.25, 0.3) is 11.3 Å². The summed E-state index contributed by atoms with van der Waals surface area (Å²) in [5.74, 6) is -0.191. The molecule has 2 aliphatic rings. The van der Waals surface area contributed by atoms with Crippen LogP contribution in [0.2, 0.25) is 10.0 Å². The topological polar surface area (TPSA) is 69.2 Å². The van der Waals surface area contributed by atoms with Gasteiger partial charge in [0.15, 0.2) is 0 Å². The molecule has 4 aromatic rings. The number of carbonyl (C=O) groups is 1. The first kappa shape index (κ1) is 22.9. The zero-order valence-corrected chi connectivity index (χ0v) is 21.1. The van der Waals surface area contributed by atoms with Gasteiger partial charge in [-0.05, 0) is 48.7 Å². The highest BCUT2D eigenvalue weighted by atomic mass is 35.5. The van der Waals surface area contributed by atoms with E-state index < -0.39 is 6.04 Å². The zero-order chi connectivity index (χ0) is 25.3. The van der Waals surface area contributed by atoms with Crippen LogP contribution in [0.3, 0.4) is 0 Å². The van der Waals surface area contributed by atoms with Crippen molar-refractivity contribution in [1.82, 2.24) is 13.7 Å². The van der Waals surface area contributed by atoms with Crippen LogP contribution >= 0.6 is 23.2 Å². The van der Waals surface area contributed by atoms with Crippen LogP contribution < -0.4 is 16.0 Å². The number of benzene rings is 1. The molecule has 6 rings (SSSR count). The van der Waals surface area contributed by atoms with Crippen molar-refractivity contribution in [3.63, 3.8) is 0 Å². The SMILES string of the molecule is Cn1ccc(-c2cc3c(n2C2CC2)C(c2ccc(Cl)cc2)N(c2cc(Cl)c(=O)n(C)c2)C3=O)cc1=O. The average Bonchev–Trinajstić information content (AvgIpc) is 3.55. The number of halogens is 2. The molecule has 0 bridgehead atoms. The van der Waals surface area contributed by atoms with Crippen molar-refractivity contribution in [2.75, 3.05) is 4.90 Å². The van der Waals surface area contributed by atoms with Gasteiger partial charge in [-0.3, -0.25) is 19.3 Å². The summed E-state index contributed by atoms with van der Waals surface area (Å²) in [7, 11) is 3.32. The number of amides is 1. The van der Waals surface area contributed by atoms with Crippen LogP contribution in [-0.2, 0) is 14.1 Å². The second kappa shape index (κ2) is 8.25. The van der Waals surface area contributed by atoms with E-state index in [1.165, 1.54) is 9.13 Å². The fourth-order valence-corrected chi connectivity index (χ4v) is 5.39. The molecular weight excluding hydrogens is 499 g/mol. The maximum absolute atomic E-state index is 14.0. The molecule has 1 aliphatic heterocycles. The van der Waals surface area contributed by atoms with E-state index in [1.54, 1.807) is 55.7 Å². The molecule has 1 atom stereocenters. The molecule has 36 heavy (non-hydrogen) atoms. The molecule has 0 radical (unpaired) electrons. The third-order valence-electron chi connectivity index (χ3n) is 6.94. The Hall–Kier alpha value is -3.55. The minimum atomic E-state index is -0.459. The van der Waals surface area contributed by atoms with E-state index in [4.69, 9.17) is 23.2 Å². The van der Waals surface area contributed by atoms with E-state index >= 15 is 0 Å². The fourth-order valence-electron chi connectivity index (χ4n) is 5.02. The number of anilines is 1. The van der Waals surface area contributed by atoms with Gasteiger partial charge in [-0.15, -0.1) is 0 Å². The molecule has 4 heterocycles. The highest BCUT2D eigenvalue weighted by molar-refractivity contribution is 6.31. The molecule has 3 aromatic heterocycles. The van der Waals surface area contributed by atoms with Crippen LogP contribution in [0.15, 0.2) is 70.5 Å². The van der Waals surface area contributed by atoms with Gasteiger partial charge < -0.3 is 13.7 Å². The smallest absolute Gasteiger partial charge is 0.269 e. The number of carbonyl (C=O) groups excluding carboxylic acids is 1. The highest BCUT2D eigenvalue weighted by Crippen LogP contribution is 2.50. The first-order valence-corrected chi connectivity index (χ1v) is 12.4. The van der Waals surface area contributed by atoms with Crippen molar-refractivity contribution >= 4 is 34.8 Å². The number of nitrogens with zero attached hydrogens (tertiary/aromatic N) is 4. The number of rotatable bonds is 4. The Morgan fingerprint density at radius 1 is 0.889 bits per heavy atom. The van der Waals surface area contributed by atoms with Gasteiger partial charge in [-0.25, -0.2) is 0 Å². The normalized spacial score (nSPS) is 17.1. The number of aryl methyl sites for hydroxylation is 2. The van der Waals surface area contributed by atoms with Gasteiger partial charge in [-0.1, -0.05) is 35.3 Å². The van der Waals surface area contributed by atoms with Crippen LogP contribution in [0.5, 0.6) is 0 Å². The largest absolute Gasteiger partial charge is 0.339 e. The van der Waals surface area contributed by atoms with Crippen molar-refractivity contribution in [1.29, 1.82) is 0 Å². The minimum Gasteiger partial charge on any atom is -0.339 e. The Balaban J connectivity index is 1.61. The lowest BCUT2D eigenvalue weighted by Crippen LogP contribution is -2.31. The van der Waals surface area contributed by atoms with Crippen LogP contribution in [0, 0.1) is 0 Å². The summed E-state index contributed by atoms with van der Waals surface area (Å²) in [5.41, 5.74) is 4.03. The molecule has 9 heteroatoms. The Morgan fingerprint density at radius 2 is 1.61 bits per heavy atom. The third-order valence-corrected chi connectivity index (χ3v) is 7.47. The Bertz CT molecular complexity index is 1640. The maximum atomic E-state index is 14.0.